The van der Waals surface area contributed by atoms with Gasteiger partial charge in [-0.25, -0.2) is 8.78 Å². The number of nitrogens with zero attached hydrogens (tertiary/aromatic N) is 4. The molecule has 0 spiro atoms. The number of aromatic nitrogens is 2. The van der Waals surface area contributed by atoms with Crippen LogP contribution in [0.1, 0.15) is 28.9 Å². The second kappa shape index (κ2) is 8.48. The maximum atomic E-state index is 13.0. The number of halogens is 3. The molecule has 2 aromatic rings. The second-order valence-corrected chi connectivity index (χ2v) is 7.62. The van der Waals surface area contributed by atoms with Gasteiger partial charge in [0.05, 0.1) is 10.2 Å². The van der Waals surface area contributed by atoms with Gasteiger partial charge in [-0.1, -0.05) is 24.3 Å². The molecule has 0 saturated carbocycles. The highest BCUT2D eigenvalue weighted by atomic mass is 79.9. The number of benzene rings is 1. The third kappa shape index (κ3) is 4.55. The van der Waals surface area contributed by atoms with Crippen LogP contribution in [0.25, 0.3) is 0 Å². The van der Waals surface area contributed by atoms with Gasteiger partial charge in [-0.2, -0.15) is 5.10 Å². The van der Waals surface area contributed by atoms with Crippen LogP contribution >= 0.6 is 15.9 Å². The van der Waals surface area contributed by atoms with E-state index in [0.29, 0.717) is 18.8 Å². The van der Waals surface area contributed by atoms with Crippen molar-refractivity contribution < 1.29 is 13.6 Å². The summed E-state index contributed by atoms with van der Waals surface area (Å²) in [6.07, 6.45) is -2.67. The maximum absolute atomic E-state index is 13.0. The first kappa shape index (κ1) is 19.9. The van der Waals surface area contributed by atoms with Crippen molar-refractivity contribution >= 4 is 21.8 Å². The fourth-order valence-electron chi connectivity index (χ4n) is 3.25. The summed E-state index contributed by atoms with van der Waals surface area (Å²) < 4.78 is 27.5. The molecule has 5 nitrogen and oxygen atoms in total. The van der Waals surface area contributed by atoms with E-state index in [1.165, 1.54) is 15.8 Å². The first-order valence-corrected chi connectivity index (χ1v) is 9.71. The highest BCUT2D eigenvalue weighted by molar-refractivity contribution is 9.10. The number of hydrogen-bond acceptors (Lipinski definition) is 3. The van der Waals surface area contributed by atoms with Crippen molar-refractivity contribution in [2.24, 2.45) is 0 Å². The smallest absolute Gasteiger partial charge is 0.283 e. The Labute approximate surface area is 166 Å². The van der Waals surface area contributed by atoms with Gasteiger partial charge in [0, 0.05) is 32.7 Å². The fourth-order valence-corrected chi connectivity index (χ4v) is 3.71. The van der Waals surface area contributed by atoms with E-state index in [9.17, 15) is 13.6 Å². The van der Waals surface area contributed by atoms with Crippen molar-refractivity contribution in [1.29, 1.82) is 0 Å². The lowest BCUT2D eigenvalue weighted by molar-refractivity contribution is -0.133. The first-order chi connectivity index (χ1) is 12.9. The normalized spacial score (nSPS) is 15.6. The van der Waals surface area contributed by atoms with Crippen LogP contribution in [0.2, 0.25) is 0 Å². The number of hydrogen-bond donors (Lipinski definition) is 0. The van der Waals surface area contributed by atoms with Crippen molar-refractivity contribution in [3.8, 4) is 0 Å². The number of carbonyl (C=O) groups is 1. The molecule has 1 amide bonds. The Morgan fingerprint density at radius 1 is 1.19 bits per heavy atom. The number of piperazine rings is 1. The number of carbonyl (C=O) groups excluding carboxylic acids is 1. The minimum absolute atomic E-state index is 0.0189. The summed E-state index contributed by atoms with van der Waals surface area (Å²) in [4.78, 5) is 16.7. The molecule has 27 heavy (non-hydrogen) atoms. The standard InChI is InChI=1S/C19H23BrF2N4O/c1-13-5-3-4-6-15(13)11-24-7-9-25(10-8-24)16(27)12-26-14(2)17(20)18(23-26)19(21)22/h3-6,19H,7-12H2,1-2H3. The van der Waals surface area contributed by atoms with Gasteiger partial charge in [0.15, 0.2) is 0 Å². The predicted molar refractivity (Wildman–Crippen MR) is 103 cm³/mol. The van der Waals surface area contributed by atoms with E-state index in [1.807, 2.05) is 12.1 Å². The van der Waals surface area contributed by atoms with Gasteiger partial charge >= 0.3 is 0 Å². The number of rotatable bonds is 5. The summed E-state index contributed by atoms with van der Waals surface area (Å²) in [5.74, 6) is -0.0931. The Balaban J connectivity index is 1.56. The Kier molecular flexibility index (Phi) is 6.26. The van der Waals surface area contributed by atoms with Gasteiger partial charge in [-0.15, -0.1) is 0 Å². The molecule has 1 aromatic heterocycles. The predicted octanol–water partition coefficient (Wildman–Crippen LogP) is 3.54. The topological polar surface area (TPSA) is 41.4 Å². The lowest BCUT2D eigenvalue weighted by atomic mass is 10.1. The van der Waals surface area contributed by atoms with Crippen LogP contribution in [0.5, 0.6) is 0 Å². The summed E-state index contributed by atoms with van der Waals surface area (Å²) >= 11 is 3.14. The molecule has 0 bridgehead atoms. The Morgan fingerprint density at radius 3 is 2.44 bits per heavy atom. The zero-order valence-electron chi connectivity index (χ0n) is 15.5. The molecule has 8 heteroatoms. The quantitative estimate of drug-likeness (QED) is 0.713. The molecule has 3 rings (SSSR count). The van der Waals surface area contributed by atoms with Crippen LogP contribution in [0.15, 0.2) is 28.7 Å². The van der Waals surface area contributed by atoms with Crippen molar-refractivity contribution in [1.82, 2.24) is 19.6 Å². The van der Waals surface area contributed by atoms with Crippen molar-refractivity contribution in [2.75, 3.05) is 26.2 Å². The van der Waals surface area contributed by atoms with Crippen molar-refractivity contribution in [3.63, 3.8) is 0 Å². The van der Waals surface area contributed by atoms with Crippen molar-refractivity contribution in [2.45, 2.75) is 33.4 Å². The highest BCUT2D eigenvalue weighted by Gasteiger charge is 2.25. The average molecular weight is 441 g/mol. The van der Waals surface area contributed by atoms with Gasteiger partial charge < -0.3 is 4.90 Å². The fraction of sp³-hybridized carbons (Fsp3) is 0.474. The van der Waals surface area contributed by atoms with Gasteiger partial charge in [0.2, 0.25) is 5.91 Å². The number of amides is 1. The monoisotopic (exact) mass is 440 g/mol. The van der Waals surface area contributed by atoms with Gasteiger partial charge in [-0.05, 0) is 40.9 Å². The van der Waals surface area contributed by atoms with Crippen LogP contribution < -0.4 is 0 Å². The zero-order chi connectivity index (χ0) is 19.6. The molecule has 1 saturated heterocycles. The number of alkyl halides is 2. The van der Waals surface area contributed by atoms with E-state index >= 15 is 0 Å². The SMILES string of the molecule is Cc1ccccc1CN1CCN(C(=O)Cn2nc(C(F)F)c(Br)c2C)CC1. The molecule has 1 aliphatic heterocycles. The molecule has 0 N–H and O–H groups in total. The molecule has 1 aromatic carbocycles. The molecule has 146 valence electrons. The van der Waals surface area contributed by atoms with E-state index in [2.05, 4.69) is 45.0 Å². The largest absolute Gasteiger partial charge is 0.339 e. The lowest BCUT2D eigenvalue weighted by Gasteiger charge is -2.35. The Hall–Kier alpha value is -1.80. The van der Waals surface area contributed by atoms with Crippen LogP contribution in [-0.4, -0.2) is 51.7 Å². The summed E-state index contributed by atoms with van der Waals surface area (Å²) in [5.41, 5.74) is 2.79. The van der Waals surface area contributed by atoms with Crippen LogP contribution in [-0.2, 0) is 17.9 Å². The molecular weight excluding hydrogens is 418 g/mol. The minimum Gasteiger partial charge on any atom is -0.339 e. The van der Waals surface area contributed by atoms with Gasteiger partial charge in [0.1, 0.15) is 12.2 Å². The Morgan fingerprint density at radius 2 is 1.85 bits per heavy atom. The maximum Gasteiger partial charge on any atom is 0.283 e. The summed E-state index contributed by atoms with van der Waals surface area (Å²) in [7, 11) is 0. The molecule has 0 unspecified atom stereocenters. The third-order valence-electron chi connectivity index (χ3n) is 5.03. The highest BCUT2D eigenvalue weighted by Crippen LogP contribution is 2.29. The number of aryl methyl sites for hydroxylation is 1. The first-order valence-electron chi connectivity index (χ1n) is 8.92. The minimum atomic E-state index is -2.67. The van der Waals surface area contributed by atoms with E-state index in [4.69, 9.17) is 0 Å². The molecule has 2 heterocycles. The van der Waals surface area contributed by atoms with Gasteiger partial charge in [0.25, 0.3) is 6.43 Å². The van der Waals surface area contributed by atoms with Gasteiger partial charge in [-0.3, -0.25) is 14.4 Å². The van der Waals surface area contributed by atoms with E-state index in [-0.39, 0.29) is 22.6 Å². The molecule has 1 fully saturated rings. The van der Waals surface area contributed by atoms with Crippen LogP contribution in [0.3, 0.4) is 0 Å². The zero-order valence-corrected chi connectivity index (χ0v) is 17.0. The molecule has 1 aliphatic rings. The third-order valence-corrected chi connectivity index (χ3v) is 6.01. The van der Waals surface area contributed by atoms with E-state index < -0.39 is 6.43 Å². The van der Waals surface area contributed by atoms with Crippen LogP contribution in [0.4, 0.5) is 8.78 Å². The average Bonchev–Trinajstić information content (AvgIpc) is 2.93. The molecule has 0 radical (unpaired) electrons. The summed E-state index contributed by atoms with van der Waals surface area (Å²) in [6, 6.07) is 8.31. The molecular formula is C19H23BrF2N4O. The van der Waals surface area contributed by atoms with E-state index in [0.717, 1.165) is 19.6 Å². The molecule has 0 aliphatic carbocycles. The molecule has 0 atom stereocenters. The van der Waals surface area contributed by atoms with Crippen LogP contribution in [0, 0.1) is 13.8 Å². The van der Waals surface area contributed by atoms with Crippen molar-refractivity contribution in [3.05, 3.63) is 51.3 Å². The summed E-state index contributed by atoms with van der Waals surface area (Å²) in [6.45, 7) is 7.49. The second-order valence-electron chi connectivity index (χ2n) is 6.83. The Bertz CT molecular complexity index is 816. The lowest BCUT2D eigenvalue weighted by Crippen LogP contribution is -2.49. The van der Waals surface area contributed by atoms with E-state index in [1.54, 1.807) is 11.8 Å². The summed E-state index contributed by atoms with van der Waals surface area (Å²) in [5, 5.41) is 3.89.